The number of ether oxygens (including phenoxy) is 1. The Morgan fingerprint density at radius 1 is 1.32 bits per heavy atom. The van der Waals surface area contributed by atoms with Crippen LogP contribution in [0.15, 0.2) is 24.3 Å². The number of aromatic nitrogens is 3. The number of nitrogens with zero attached hydrogens (tertiary/aromatic N) is 3. The molecule has 0 bridgehead atoms. The smallest absolute Gasteiger partial charge is 0.181 e. The first-order chi connectivity index (χ1) is 10.4. The van der Waals surface area contributed by atoms with Gasteiger partial charge in [0.05, 0.1) is 19.9 Å². The maximum atomic E-state index is 10.5. The Morgan fingerprint density at radius 3 is 2.77 bits per heavy atom. The van der Waals surface area contributed by atoms with Crippen LogP contribution >= 0.6 is 7.82 Å². The summed E-state index contributed by atoms with van der Waals surface area (Å²) in [5.41, 5.74) is 1.13. The first kappa shape index (κ1) is 15.5. The number of aliphatic hydroxyl groups is 2. The zero-order chi connectivity index (χ0) is 15.9. The van der Waals surface area contributed by atoms with Crippen LogP contribution in [0.3, 0.4) is 0 Å². The van der Waals surface area contributed by atoms with Gasteiger partial charge in [0.1, 0.15) is 23.8 Å². The summed E-state index contributed by atoms with van der Waals surface area (Å²) in [6.07, 6.45) is -5.07. The van der Waals surface area contributed by atoms with Gasteiger partial charge in [-0.1, -0.05) is 17.3 Å². The summed E-state index contributed by atoms with van der Waals surface area (Å²) in [4.78, 5) is 21.0. The molecule has 0 amide bonds. The number of phosphoric acid groups is 1. The fourth-order valence-electron chi connectivity index (χ4n) is 2.31. The fraction of sp³-hybridized carbons (Fsp3) is 0.455. The molecule has 0 saturated carbocycles. The third-order valence-corrected chi connectivity index (χ3v) is 3.82. The Balaban J connectivity index is 1.82. The van der Waals surface area contributed by atoms with E-state index in [1.807, 2.05) is 0 Å². The van der Waals surface area contributed by atoms with E-state index in [1.54, 1.807) is 24.3 Å². The molecule has 0 radical (unpaired) electrons. The van der Waals surface area contributed by atoms with Gasteiger partial charge < -0.3 is 33.8 Å². The standard InChI is InChI=1S/C11H14N3O7P/c15-9-8(5-20-22(17,18)19)21-11(10(9)16)14-7-4-2-1-3-6(7)12-13-14/h1-4,8-11,15-16H,5H2,(H2,17,18,19)/p-2/t8-,9-,10-,11-/m1/s1. The molecule has 1 aliphatic rings. The molecule has 1 saturated heterocycles. The molecule has 1 aromatic carbocycles. The highest BCUT2D eigenvalue weighted by molar-refractivity contribution is 7.43. The number of phosphoric ester groups is 1. The molecule has 0 spiro atoms. The summed E-state index contributed by atoms with van der Waals surface area (Å²) in [6.45, 7) is -0.689. The molecular weight excluding hydrogens is 317 g/mol. The van der Waals surface area contributed by atoms with Crippen LogP contribution in [0.2, 0.25) is 0 Å². The van der Waals surface area contributed by atoms with Gasteiger partial charge >= 0.3 is 0 Å². The van der Waals surface area contributed by atoms with Gasteiger partial charge in [0.25, 0.3) is 0 Å². The van der Waals surface area contributed by atoms with Crippen LogP contribution in [-0.4, -0.2) is 50.1 Å². The second-order valence-corrected chi connectivity index (χ2v) is 5.96. The van der Waals surface area contributed by atoms with E-state index in [1.165, 1.54) is 4.68 Å². The summed E-state index contributed by atoms with van der Waals surface area (Å²) in [7, 11) is -5.19. The van der Waals surface area contributed by atoms with Crippen LogP contribution in [0.25, 0.3) is 11.0 Å². The average molecular weight is 329 g/mol. The predicted octanol–water partition coefficient (Wildman–Crippen LogP) is -2.10. The van der Waals surface area contributed by atoms with Crippen molar-refractivity contribution in [2.24, 2.45) is 0 Å². The normalized spacial score (nSPS) is 29.3. The molecule has 3 rings (SSSR count). The Morgan fingerprint density at radius 2 is 2.05 bits per heavy atom. The van der Waals surface area contributed by atoms with Gasteiger partial charge in [-0.25, -0.2) is 4.68 Å². The third-order valence-electron chi connectivity index (χ3n) is 3.35. The number of fused-ring (bicyclic) bond motifs is 1. The van der Waals surface area contributed by atoms with Crippen LogP contribution in [0.4, 0.5) is 0 Å². The zero-order valence-corrected chi connectivity index (χ0v) is 11.9. The Bertz CT molecular complexity index is 717. The lowest BCUT2D eigenvalue weighted by Crippen LogP contribution is -2.34. The lowest BCUT2D eigenvalue weighted by Gasteiger charge is -2.30. The van der Waals surface area contributed by atoms with Gasteiger partial charge in [-0.05, 0) is 12.1 Å². The number of aliphatic hydroxyl groups excluding tert-OH is 2. The Kier molecular flexibility index (Phi) is 4.00. The van der Waals surface area contributed by atoms with Gasteiger partial charge in [-0.15, -0.1) is 5.10 Å². The van der Waals surface area contributed by atoms with E-state index in [0.29, 0.717) is 11.0 Å². The topological polar surface area (TPSA) is 153 Å². The molecule has 0 aliphatic carbocycles. The van der Waals surface area contributed by atoms with E-state index in [9.17, 15) is 24.6 Å². The van der Waals surface area contributed by atoms with Crippen molar-refractivity contribution < 1.29 is 33.8 Å². The number of hydrogen-bond donors (Lipinski definition) is 2. The number of benzene rings is 1. The average Bonchev–Trinajstić information content (AvgIpc) is 3.00. The van der Waals surface area contributed by atoms with Crippen LogP contribution in [0.5, 0.6) is 0 Å². The zero-order valence-electron chi connectivity index (χ0n) is 11.1. The lowest BCUT2D eigenvalue weighted by molar-refractivity contribution is -0.343. The van der Waals surface area contributed by atoms with E-state index in [2.05, 4.69) is 14.8 Å². The van der Waals surface area contributed by atoms with Crippen molar-refractivity contribution in [1.29, 1.82) is 0 Å². The van der Waals surface area contributed by atoms with Crippen molar-refractivity contribution in [1.82, 2.24) is 15.0 Å². The quantitative estimate of drug-likeness (QED) is 0.600. The van der Waals surface area contributed by atoms with E-state index < -0.39 is 39.0 Å². The SMILES string of the molecule is O=P([O-])([O-])OC[C@H]1O[C@@H](n2nnc3ccccc32)[C@H](O)[C@@H]1O. The summed E-state index contributed by atoms with van der Waals surface area (Å²) >= 11 is 0. The summed E-state index contributed by atoms with van der Waals surface area (Å²) < 4.78 is 21.2. The van der Waals surface area contributed by atoms with E-state index in [0.717, 1.165) is 0 Å². The van der Waals surface area contributed by atoms with Crippen molar-refractivity contribution in [3.63, 3.8) is 0 Å². The van der Waals surface area contributed by atoms with Crippen molar-refractivity contribution in [2.45, 2.75) is 24.5 Å². The first-order valence-corrected chi connectivity index (χ1v) is 7.81. The largest absolute Gasteiger partial charge is 0.790 e. The molecule has 4 atom stereocenters. The second kappa shape index (κ2) is 5.67. The highest BCUT2D eigenvalue weighted by atomic mass is 31.2. The van der Waals surface area contributed by atoms with Crippen LogP contribution < -0.4 is 9.79 Å². The van der Waals surface area contributed by atoms with Gasteiger partial charge in [0.15, 0.2) is 6.23 Å². The highest BCUT2D eigenvalue weighted by Crippen LogP contribution is 2.33. The molecule has 2 N–H and O–H groups in total. The van der Waals surface area contributed by atoms with Crippen LogP contribution in [-0.2, 0) is 13.8 Å². The number of para-hydroxylation sites is 1. The molecule has 10 nitrogen and oxygen atoms in total. The minimum absolute atomic E-state index is 0.566. The van der Waals surface area contributed by atoms with Crippen molar-refractivity contribution >= 4 is 18.9 Å². The van der Waals surface area contributed by atoms with E-state index in [-0.39, 0.29) is 0 Å². The molecule has 120 valence electrons. The van der Waals surface area contributed by atoms with E-state index >= 15 is 0 Å². The fourth-order valence-corrected chi connectivity index (χ4v) is 2.64. The third kappa shape index (κ3) is 2.90. The summed E-state index contributed by atoms with van der Waals surface area (Å²) in [6, 6.07) is 6.91. The Labute approximate surface area is 124 Å². The van der Waals surface area contributed by atoms with Gasteiger partial charge in [-0.3, -0.25) is 0 Å². The van der Waals surface area contributed by atoms with Crippen molar-refractivity contribution in [3.05, 3.63) is 24.3 Å². The van der Waals surface area contributed by atoms with E-state index in [4.69, 9.17) is 4.74 Å². The molecule has 22 heavy (non-hydrogen) atoms. The summed E-state index contributed by atoms with van der Waals surface area (Å²) in [5, 5.41) is 27.7. The predicted molar refractivity (Wildman–Crippen MR) is 67.0 cm³/mol. The van der Waals surface area contributed by atoms with Gasteiger partial charge in [-0.2, -0.15) is 0 Å². The highest BCUT2D eigenvalue weighted by Gasteiger charge is 2.44. The molecule has 0 unspecified atom stereocenters. The lowest BCUT2D eigenvalue weighted by atomic mass is 10.1. The molecule has 1 aliphatic heterocycles. The molecular formula is C11H12N3O7P-2. The molecule has 2 aromatic rings. The molecule has 1 fully saturated rings. The van der Waals surface area contributed by atoms with Gasteiger partial charge in [0.2, 0.25) is 0 Å². The Hall–Kier alpha value is -1.39. The first-order valence-electron chi connectivity index (χ1n) is 6.35. The van der Waals surface area contributed by atoms with Crippen molar-refractivity contribution in [2.75, 3.05) is 6.61 Å². The minimum atomic E-state index is -5.19. The maximum Gasteiger partial charge on any atom is 0.181 e. The molecule has 2 heterocycles. The van der Waals surface area contributed by atoms with Crippen molar-refractivity contribution in [3.8, 4) is 0 Å². The van der Waals surface area contributed by atoms with Gasteiger partial charge in [0, 0.05) is 0 Å². The maximum absolute atomic E-state index is 10.5. The second-order valence-electron chi connectivity index (χ2n) is 4.81. The van der Waals surface area contributed by atoms with Crippen LogP contribution in [0, 0.1) is 0 Å². The monoisotopic (exact) mass is 329 g/mol. The van der Waals surface area contributed by atoms with Crippen LogP contribution in [0.1, 0.15) is 6.23 Å². The minimum Gasteiger partial charge on any atom is -0.790 e. The summed E-state index contributed by atoms with van der Waals surface area (Å²) in [5.74, 6) is 0. The number of hydrogen-bond acceptors (Lipinski definition) is 9. The molecule has 1 aromatic heterocycles. The molecule has 11 heteroatoms. The number of rotatable bonds is 4.